The van der Waals surface area contributed by atoms with Crippen molar-refractivity contribution in [3.05, 3.63) is 0 Å². The average Bonchev–Trinajstić information content (AvgIpc) is 2.20. The summed E-state index contributed by atoms with van der Waals surface area (Å²) in [7, 11) is 0. The Labute approximate surface area is 94.5 Å². The Morgan fingerprint density at radius 1 is 1.20 bits per heavy atom. The molecule has 15 heavy (non-hydrogen) atoms. The fraction of sp³-hybridized carbons (Fsp3) is 1.00. The minimum absolute atomic E-state index is 0.117. The Kier molecular flexibility index (Phi) is 5.62. The van der Waals surface area contributed by atoms with Crippen molar-refractivity contribution in [1.82, 2.24) is 5.32 Å². The van der Waals surface area contributed by atoms with Crippen molar-refractivity contribution >= 4 is 0 Å². The van der Waals surface area contributed by atoms with Gasteiger partial charge in [0.15, 0.2) is 0 Å². The topological polar surface area (TPSA) is 32.3 Å². The van der Waals surface area contributed by atoms with E-state index in [4.69, 9.17) is 0 Å². The molecule has 0 aromatic heterocycles. The summed E-state index contributed by atoms with van der Waals surface area (Å²) in [5.74, 6) is 0.764. The molecule has 0 saturated heterocycles. The molecule has 2 nitrogen and oxygen atoms in total. The molecule has 0 radical (unpaired) electrons. The van der Waals surface area contributed by atoms with Crippen LogP contribution in [-0.2, 0) is 0 Å². The van der Waals surface area contributed by atoms with Gasteiger partial charge in [0.25, 0.3) is 0 Å². The van der Waals surface area contributed by atoms with Crippen molar-refractivity contribution in [3.63, 3.8) is 0 Å². The molecule has 90 valence electrons. The van der Waals surface area contributed by atoms with Crippen LogP contribution >= 0.6 is 0 Å². The lowest BCUT2D eigenvalue weighted by Gasteiger charge is -2.31. The van der Waals surface area contributed by atoms with Gasteiger partial charge in [-0.25, -0.2) is 0 Å². The molecule has 1 rings (SSSR count). The molecule has 1 fully saturated rings. The van der Waals surface area contributed by atoms with Crippen molar-refractivity contribution < 1.29 is 5.11 Å². The zero-order chi connectivity index (χ0) is 11.3. The number of aliphatic hydroxyl groups excluding tert-OH is 1. The molecule has 1 aliphatic carbocycles. The van der Waals surface area contributed by atoms with Crippen LogP contribution in [0.1, 0.15) is 59.3 Å². The van der Waals surface area contributed by atoms with Crippen LogP contribution in [0.2, 0.25) is 0 Å². The highest BCUT2D eigenvalue weighted by molar-refractivity contribution is 4.79. The number of rotatable bonds is 5. The van der Waals surface area contributed by atoms with Crippen molar-refractivity contribution in [2.24, 2.45) is 5.92 Å². The first-order valence-electron chi connectivity index (χ1n) is 6.56. The van der Waals surface area contributed by atoms with Gasteiger partial charge in [0.1, 0.15) is 0 Å². The maximum Gasteiger partial charge on any atom is 0.0514 e. The summed E-state index contributed by atoms with van der Waals surface area (Å²) in [6, 6.07) is 1.38. The number of hydrogen-bond donors (Lipinski definition) is 2. The van der Waals surface area contributed by atoms with Crippen molar-refractivity contribution in [1.29, 1.82) is 0 Å². The molecule has 2 N–H and O–H groups in total. The molecule has 0 aromatic carbocycles. The molecule has 0 heterocycles. The molecular formula is C13H27NO. The maximum atomic E-state index is 9.34. The maximum absolute atomic E-state index is 9.34. The second-order valence-corrected chi connectivity index (χ2v) is 5.28. The van der Waals surface area contributed by atoms with E-state index in [1.54, 1.807) is 0 Å². The summed E-state index contributed by atoms with van der Waals surface area (Å²) in [4.78, 5) is 0. The fourth-order valence-electron chi connectivity index (χ4n) is 2.57. The summed E-state index contributed by atoms with van der Waals surface area (Å²) in [5.41, 5.74) is 0. The van der Waals surface area contributed by atoms with Crippen molar-refractivity contribution in [2.45, 2.75) is 77.5 Å². The Morgan fingerprint density at radius 3 is 2.27 bits per heavy atom. The molecule has 1 aliphatic rings. The van der Waals surface area contributed by atoms with Gasteiger partial charge in [0.2, 0.25) is 0 Å². The molecular weight excluding hydrogens is 186 g/mol. The van der Waals surface area contributed by atoms with Gasteiger partial charge in [-0.2, -0.15) is 0 Å². The monoisotopic (exact) mass is 213 g/mol. The highest BCUT2D eigenvalue weighted by Gasteiger charge is 2.22. The van der Waals surface area contributed by atoms with E-state index in [0.29, 0.717) is 6.04 Å². The summed E-state index contributed by atoms with van der Waals surface area (Å²) in [6.45, 7) is 6.40. The van der Waals surface area contributed by atoms with Crippen LogP contribution in [0.4, 0.5) is 0 Å². The van der Waals surface area contributed by atoms with Crippen LogP contribution in [0.3, 0.4) is 0 Å². The fourth-order valence-corrected chi connectivity index (χ4v) is 2.57. The van der Waals surface area contributed by atoms with Crippen molar-refractivity contribution in [2.75, 3.05) is 0 Å². The lowest BCUT2D eigenvalue weighted by molar-refractivity contribution is 0.139. The first kappa shape index (κ1) is 13.0. The standard InChI is InChI=1S/C13H27NO/c1-4-10(2)14-13-7-5-12(6-8-13)9-11(3)15/h10-15H,4-9H2,1-3H3. The molecule has 0 spiro atoms. The summed E-state index contributed by atoms with van der Waals surface area (Å²) in [5, 5.41) is 13.0. The van der Waals surface area contributed by atoms with Crippen LogP contribution in [-0.4, -0.2) is 23.3 Å². The third-order valence-electron chi connectivity index (χ3n) is 3.65. The highest BCUT2D eigenvalue weighted by Crippen LogP contribution is 2.28. The van der Waals surface area contributed by atoms with E-state index >= 15 is 0 Å². The van der Waals surface area contributed by atoms with Gasteiger partial charge in [-0.1, -0.05) is 6.92 Å². The molecule has 0 aliphatic heterocycles. The SMILES string of the molecule is CCC(C)NC1CCC(CC(C)O)CC1. The van der Waals surface area contributed by atoms with E-state index in [1.165, 1.54) is 32.1 Å². The summed E-state index contributed by atoms with van der Waals surface area (Å²) in [6.07, 6.45) is 7.26. The quantitative estimate of drug-likeness (QED) is 0.736. The Bertz CT molecular complexity index is 162. The molecule has 2 heteroatoms. The Hall–Kier alpha value is -0.0800. The van der Waals surface area contributed by atoms with Crippen LogP contribution in [0.5, 0.6) is 0 Å². The van der Waals surface area contributed by atoms with Gasteiger partial charge in [-0.05, 0) is 58.3 Å². The molecule has 2 atom stereocenters. The van der Waals surface area contributed by atoms with Gasteiger partial charge < -0.3 is 10.4 Å². The van der Waals surface area contributed by atoms with E-state index in [0.717, 1.165) is 18.4 Å². The van der Waals surface area contributed by atoms with Crippen molar-refractivity contribution in [3.8, 4) is 0 Å². The van der Waals surface area contributed by atoms with Gasteiger partial charge in [-0.3, -0.25) is 0 Å². The van der Waals surface area contributed by atoms with E-state index in [1.807, 2.05) is 6.92 Å². The van der Waals surface area contributed by atoms with E-state index < -0.39 is 0 Å². The van der Waals surface area contributed by atoms with Crippen LogP contribution in [0.15, 0.2) is 0 Å². The molecule has 2 unspecified atom stereocenters. The van der Waals surface area contributed by atoms with E-state index in [-0.39, 0.29) is 6.10 Å². The lowest BCUT2D eigenvalue weighted by atomic mass is 9.83. The third kappa shape index (κ3) is 4.98. The zero-order valence-electron chi connectivity index (χ0n) is 10.5. The second kappa shape index (κ2) is 6.49. The number of nitrogens with one attached hydrogen (secondary N) is 1. The third-order valence-corrected chi connectivity index (χ3v) is 3.65. The Balaban J connectivity index is 2.18. The highest BCUT2D eigenvalue weighted by atomic mass is 16.3. The number of aliphatic hydroxyl groups is 1. The minimum Gasteiger partial charge on any atom is -0.393 e. The molecule has 1 saturated carbocycles. The second-order valence-electron chi connectivity index (χ2n) is 5.28. The normalized spacial score (nSPS) is 31.2. The largest absolute Gasteiger partial charge is 0.393 e. The molecule has 0 aromatic rings. The molecule has 0 bridgehead atoms. The molecule has 0 amide bonds. The first-order valence-corrected chi connectivity index (χ1v) is 6.56. The van der Waals surface area contributed by atoms with Crippen LogP contribution in [0, 0.1) is 5.92 Å². The minimum atomic E-state index is -0.117. The smallest absolute Gasteiger partial charge is 0.0514 e. The summed E-state index contributed by atoms with van der Waals surface area (Å²) >= 11 is 0. The Morgan fingerprint density at radius 2 is 1.80 bits per heavy atom. The van der Waals surface area contributed by atoms with Crippen LogP contribution in [0.25, 0.3) is 0 Å². The zero-order valence-corrected chi connectivity index (χ0v) is 10.5. The van der Waals surface area contributed by atoms with Gasteiger partial charge in [0, 0.05) is 12.1 Å². The van der Waals surface area contributed by atoms with E-state index in [9.17, 15) is 5.11 Å². The van der Waals surface area contributed by atoms with Gasteiger partial charge in [-0.15, -0.1) is 0 Å². The summed E-state index contributed by atoms with van der Waals surface area (Å²) < 4.78 is 0. The average molecular weight is 213 g/mol. The number of hydrogen-bond acceptors (Lipinski definition) is 2. The predicted octanol–water partition coefficient (Wildman–Crippen LogP) is 2.70. The predicted molar refractivity (Wildman–Crippen MR) is 64.9 cm³/mol. The van der Waals surface area contributed by atoms with E-state index in [2.05, 4.69) is 19.2 Å². The van der Waals surface area contributed by atoms with Gasteiger partial charge in [0.05, 0.1) is 6.10 Å². The van der Waals surface area contributed by atoms with Crippen LogP contribution < -0.4 is 5.32 Å². The van der Waals surface area contributed by atoms with Gasteiger partial charge >= 0.3 is 0 Å². The first-order chi connectivity index (χ1) is 7.11. The lowest BCUT2D eigenvalue weighted by Crippen LogP contribution is -2.39.